The van der Waals surface area contributed by atoms with Gasteiger partial charge in [-0.25, -0.2) is 4.99 Å². The van der Waals surface area contributed by atoms with Crippen LogP contribution in [-0.4, -0.2) is 42.7 Å². The van der Waals surface area contributed by atoms with E-state index in [9.17, 15) is 9.59 Å². The lowest BCUT2D eigenvalue weighted by molar-refractivity contribution is -0.127. The summed E-state index contributed by atoms with van der Waals surface area (Å²) in [6, 6.07) is 15.2. The zero-order chi connectivity index (χ0) is 29.4. The number of nitrogens with zero attached hydrogens (tertiary/aromatic N) is 3. The molecule has 0 N–H and O–H groups in total. The second kappa shape index (κ2) is 12.3. The molecule has 1 aromatic heterocycles. The van der Waals surface area contributed by atoms with Crippen LogP contribution < -0.4 is 24.4 Å². The molecule has 5 rings (SSSR count). The topological polar surface area (TPSA) is 73.1 Å². The van der Waals surface area contributed by atoms with Crippen LogP contribution in [0.25, 0.3) is 16.8 Å². The summed E-state index contributed by atoms with van der Waals surface area (Å²) in [5.41, 5.74) is 2.54. The van der Waals surface area contributed by atoms with E-state index < -0.39 is 6.04 Å². The van der Waals surface area contributed by atoms with E-state index >= 15 is 0 Å². The molecule has 41 heavy (non-hydrogen) atoms. The molecule has 10 heteroatoms. The van der Waals surface area contributed by atoms with Gasteiger partial charge < -0.3 is 14.4 Å². The third-order valence-corrected chi connectivity index (χ3v) is 9.83. The first-order valence-corrected chi connectivity index (χ1v) is 16.1. The molecule has 0 saturated heterocycles. The first-order chi connectivity index (χ1) is 19.7. The van der Waals surface area contributed by atoms with Crippen LogP contribution in [0.15, 0.2) is 69.6 Å². The normalized spacial score (nSPS) is 15.1. The predicted octanol–water partition coefficient (Wildman–Crippen LogP) is 5.48. The summed E-state index contributed by atoms with van der Waals surface area (Å²) in [4.78, 5) is 35.5. The highest BCUT2D eigenvalue weighted by molar-refractivity contribution is 14.1. The van der Waals surface area contributed by atoms with E-state index in [1.807, 2.05) is 75.4 Å². The number of carbonyl (C=O) groups is 1. The van der Waals surface area contributed by atoms with E-state index in [1.165, 1.54) is 11.3 Å². The number of thiazole rings is 1. The van der Waals surface area contributed by atoms with Gasteiger partial charge in [-0.15, -0.1) is 0 Å². The molecular weight excluding hydrogens is 764 g/mol. The summed E-state index contributed by atoms with van der Waals surface area (Å²) < 4.78 is 15.5. The lowest BCUT2D eigenvalue weighted by atomic mass is 9.90. The van der Waals surface area contributed by atoms with Gasteiger partial charge >= 0.3 is 0 Å². The minimum absolute atomic E-state index is 0.134. The maximum absolute atomic E-state index is 14.3. The molecule has 2 heterocycles. The Morgan fingerprint density at radius 2 is 1.76 bits per heavy atom. The van der Waals surface area contributed by atoms with Gasteiger partial charge in [0.25, 0.3) is 11.5 Å². The third kappa shape index (κ3) is 5.34. The molecule has 0 fully saturated rings. The van der Waals surface area contributed by atoms with Crippen molar-refractivity contribution in [3.8, 4) is 11.5 Å². The van der Waals surface area contributed by atoms with Crippen molar-refractivity contribution in [2.75, 3.05) is 27.3 Å². The number of benzene rings is 3. The predicted molar refractivity (Wildman–Crippen MR) is 181 cm³/mol. The smallest absolute Gasteiger partial charge is 0.271 e. The largest absolute Gasteiger partial charge is 0.496 e. The lowest BCUT2D eigenvalue weighted by Gasteiger charge is -2.30. The SMILES string of the molecule is CCN(CC)C(=O)C1=C(C)N=c2s/c(=C/c3cc(I)c(OC)c(I)c3)c(=O)n2[C@@H]1c1c(OC)ccc2ccccc12. The molecule has 1 aliphatic rings. The molecule has 3 aromatic carbocycles. The van der Waals surface area contributed by atoms with Crippen LogP contribution in [0.1, 0.15) is 37.9 Å². The number of fused-ring (bicyclic) bond motifs is 2. The van der Waals surface area contributed by atoms with Crippen molar-refractivity contribution in [2.45, 2.75) is 26.8 Å². The van der Waals surface area contributed by atoms with Crippen molar-refractivity contribution in [2.24, 2.45) is 4.99 Å². The molecule has 1 aliphatic heterocycles. The van der Waals surface area contributed by atoms with Gasteiger partial charge in [-0.2, -0.15) is 0 Å². The van der Waals surface area contributed by atoms with Gasteiger partial charge in [0, 0.05) is 18.7 Å². The zero-order valence-electron chi connectivity index (χ0n) is 23.3. The number of amides is 1. The maximum atomic E-state index is 14.3. The maximum Gasteiger partial charge on any atom is 0.271 e. The fourth-order valence-electron chi connectivity index (χ4n) is 5.29. The van der Waals surface area contributed by atoms with E-state index in [2.05, 4.69) is 45.2 Å². The van der Waals surface area contributed by atoms with Crippen LogP contribution >= 0.6 is 56.5 Å². The van der Waals surface area contributed by atoms with Crippen LogP contribution in [0.2, 0.25) is 0 Å². The van der Waals surface area contributed by atoms with Crippen LogP contribution in [0.4, 0.5) is 0 Å². The van der Waals surface area contributed by atoms with Gasteiger partial charge in [0.1, 0.15) is 17.5 Å². The number of rotatable bonds is 7. The summed E-state index contributed by atoms with van der Waals surface area (Å²) in [5.74, 6) is 1.29. The van der Waals surface area contributed by atoms with Gasteiger partial charge in [0.05, 0.1) is 37.2 Å². The Labute approximate surface area is 269 Å². The molecule has 212 valence electrons. The Kier molecular flexibility index (Phi) is 8.90. The highest BCUT2D eigenvalue weighted by Crippen LogP contribution is 2.40. The number of likely N-dealkylation sites (N-methyl/N-ethyl adjacent to an activating group) is 1. The average Bonchev–Trinajstić information content (AvgIpc) is 3.26. The van der Waals surface area contributed by atoms with Crippen molar-refractivity contribution in [1.82, 2.24) is 9.47 Å². The van der Waals surface area contributed by atoms with Crippen molar-refractivity contribution in [3.63, 3.8) is 0 Å². The quantitative estimate of drug-likeness (QED) is 0.233. The number of methoxy groups -OCH3 is 2. The third-order valence-electron chi connectivity index (χ3n) is 7.25. The molecule has 0 bridgehead atoms. The monoisotopic (exact) mass is 793 g/mol. The van der Waals surface area contributed by atoms with E-state index in [0.717, 1.165) is 34.8 Å². The molecule has 0 spiro atoms. The number of halogens is 2. The second-order valence-corrected chi connectivity index (χ2v) is 12.8. The summed E-state index contributed by atoms with van der Waals surface area (Å²) in [6.45, 7) is 6.86. The Balaban J connectivity index is 1.84. The lowest BCUT2D eigenvalue weighted by Crippen LogP contribution is -2.43. The fraction of sp³-hybridized carbons (Fsp3) is 0.258. The van der Waals surface area contributed by atoms with E-state index in [1.54, 1.807) is 23.7 Å². The minimum atomic E-state index is -0.710. The molecule has 0 aliphatic carbocycles. The highest BCUT2D eigenvalue weighted by atomic mass is 127. The molecular formula is C31H29I2N3O4S. The van der Waals surface area contributed by atoms with Crippen molar-refractivity contribution in [3.05, 3.63) is 97.8 Å². The first kappa shape index (κ1) is 29.8. The average molecular weight is 793 g/mol. The summed E-state index contributed by atoms with van der Waals surface area (Å²) in [5, 5.41) is 1.92. The summed E-state index contributed by atoms with van der Waals surface area (Å²) in [7, 11) is 3.27. The fourth-order valence-corrected chi connectivity index (χ4v) is 8.60. The number of hydrogen-bond donors (Lipinski definition) is 0. The molecule has 0 unspecified atom stereocenters. The van der Waals surface area contributed by atoms with Crippen molar-refractivity contribution < 1.29 is 14.3 Å². The number of hydrogen-bond acceptors (Lipinski definition) is 6. The number of aromatic nitrogens is 1. The standard InChI is InChI=1S/C31H29I2N3O4S/c1-6-35(7-2)30(38)25-17(3)34-31-36(27(25)26-20-11-9-8-10-19(20)12-13-23(26)39-4)29(37)24(41-31)16-18-14-21(32)28(40-5)22(33)15-18/h8-16,27H,6-7H2,1-5H3/b24-16+/t27-/m0/s1. The van der Waals surface area contributed by atoms with E-state index in [0.29, 0.717) is 39.4 Å². The Hall–Kier alpha value is -2.71. The molecule has 1 atom stereocenters. The molecule has 0 radical (unpaired) electrons. The van der Waals surface area contributed by atoms with E-state index in [4.69, 9.17) is 14.5 Å². The first-order valence-electron chi connectivity index (χ1n) is 13.1. The Morgan fingerprint density at radius 3 is 2.39 bits per heavy atom. The number of carbonyl (C=O) groups excluding carboxylic acids is 1. The van der Waals surface area contributed by atoms with Crippen LogP contribution in [0.5, 0.6) is 11.5 Å². The zero-order valence-corrected chi connectivity index (χ0v) is 28.5. The van der Waals surface area contributed by atoms with Gasteiger partial charge in [0.15, 0.2) is 4.80 Å². The molecule has 4 aromatic rings. The van der Waals surface area contributed by atoms with Crippen molar-refractivity contribution >= 4 is 79.3 Å². The molecule has 0 saturated carbocycles. The van der Waals surface area contributed by atoms with Gasteiger partial charge in [-0.05, 0) is 107 Å². The van der Waals surface area contributed by atoms with Crippen LogP contribution in [0, 0.1) is 7.14 Å². The molecule has 7 nitrogen and oxygen atoms in total. The van der Waals surface area contributed by atoms with Gasteiger partial charge in [-0.1, -0.05) is 41.7 Å². The number of allylic oxidation sites excluding steroid dienone is 1. The number of ether oxygens (including phenoxy) is 2. The second-order valence-electron chi connectivity index (χ2n) is 9.48. The van der Waals surface area contributed by atoms with E-state index in [-0.39, 0.29) is 11.5 Å². The van der Waals surface area contributed by atoms with Crippen LogP contribution in [-0.2, 0) is 4.79 Å². The Bertz CT molecular complexity index is 1870. The van der Waals surface area contributed by atoms with Crippen LogP contribution in [0.3, 0.4) is 0 Å². The highest BCUT2D eigenvalue weighted by Gasteiger charge is 2.36. The Morgan fingerprint density at radius 1 is 1.07 bits per heavy atom. The summed E-state index contributed by atoms with van der Waals surface area (Å²) >= 11 is 5.81. The summed E-state index contributed by atoms with van der Waals surface area (Å²) in [6.07, 6.45) is 1.89. The minimum Gasteiger partial charge on any atom is -0.496 e. The van der Waals surface area contributed by atoms with Gasteiger partial charge in [0.2, 0.25) is 0 Å². The van der Waals surface area contributed by atoms with Gasteiger partial charge in [-0.3, -0.25) is 14.2 Å². The molecule has 1 amide bonds. The van der Waals surface area contributed by atoms with Crippen molar-refractivity contribution in [1.29, 1.82) is 0 Å².